The molecule has 0 aromatic carbocycles. The molecule has 0 amide bonds. The largest absolute Gasteiger partial charge is 0.369 e. The van der Waals surface area contributed by atoms with Gasteiger partial charge in [0, 0.05) is 13.0 Å². The average Bonchev–Trinajstić information content (AvgIpc) is 2.72. The quantitative estimate of drug-likeness (QED) is 0.809. The van der Waals surface area contributed by atoms with E-state index in [0.717, 1.165) is 29.0 Å². The number of nitrogens with one attached hydrogen (secondary N) is 1. The summed E-state index contributed by atoms with van der Waals surface area (Å²) in [5, 5.41) is 5.24. The lowest BCUT2D eigenvalue weighted by Gasteiger charge is -2.04. The molecule has 2 aromatic rings. The van der Waals surface area contributed by atoms with Crippen molar-refractivity contribution < 1.29 is 4.79 Å². The first-order valence-corrected chi connectivity index (χ1v) is 6.07. The van der Waals surface area contributed by atoms with Crippen LogP contribution in [0.2, 0.25) is 0 Å². The Kier molecular flexibility index (Phi) is 3.46. The highest BCUT2D eigenvalue weighted by Gasteiger charge is 2.03. The Morgan fingerprint density at radius 3 is 3.19 bits per heavy atom. The van der Waals surface area contributed by atoms with E-state index in [1.54, 1.807) is 24.6 Å². The van der Waals surface area contributed by atoms with Gasteiger partial charge in [0.1, 0.15) is 17.9 Å². The molecule has 0 aliphatic rings. The number of rotatable bonds is 5. The Balaban J connectivity index is 1.98. The van der Waals surface area contributed by atoms with E-state index in [2.05, 4.69) is 15.3 Å². The second-order valence-corrected chi connectivity index (χ2v) is 4.51. The van der Waals surface area contributed by atoms with Crippen LogP contribution >= 0.6 is 11.3 Å². The first-order valence-electron chi connectivity index (χ1n) is 5.19. The van der Waals surface area contributed by atoms with Crippen molar-refractivity contribution in [2.24, 2.45) is 0 Å². The molecule has 0 saturated carbocycles. The Labute approximate surface area is 97.7 Å². The predicted molar refractivity (Wildman–Crippen MR) is 65.8 cm³/mol. The van der Waals surface area contributed by atoms with Gasteiger partial charge in [-0.2, -0.15) is 0 Å². The van der Waals surface area contributed by atoms with Gasteiger partial charge in [0.15, 0.2) is 0 Å². The Morgan fingerprint density at radius 1 is 1.50 bits per heavy atom. The molecule has 0 aliphatic carbocycles. The van der Waals surface area contributed by atoms with Crippen LogP contribution in [0.3, 0.4) is 0 Å². The lowest BCUT2D eigenvalue weighted by Crippen LogP contribution is -2.05. The smallest absolute Gasteiger partial charge is 0.147 e. The summed E-state index contributed by atoms with van der Waals surface area (Å²) in [7, 11) is 0. The summed E-state index contributed by atoms with van der Waals surface area (Å²) < 4.78 is 1.07. The molecule has 0 spiro atoms. The number of hydrogen-bond donors (Lipinski definition) is 1. The molecular weight excluding hydrogens is 222 g/mol. The number of hydrogen-bond acceptors (Lipinski definition) is 5. The van der Waals surface area contributed by atoms with E-state index in [-0.39, 0.29) is 5.78 Å². The van der Waals surface area contributed by atoms with Crippen molar-refractivity contribution in [1.82, 2.24) is 9.97 Å². The van der Waals surface area contributed by atoms with Crippen LogP contribution in [0.5, 0.6) is 0 Å². The third-order valence-electron chi connectivity index (χ3n) is 2.24. The van der Waals surface area contributed by atoms with Gasteiger partial charge >= 0.3 is 0 Å². The van der Waals surface area contributed by atoms with Crippen LogP contribution < -0.4 is 5.32 Å². The van der Waals surface area contributed by atoms with E-state index >= 15 is 0 Å². The molecule has 4 nitrogen and oxygen atoms in total. The van der Waals surface area contributed by atoms with Gasteiger partial charge in [-0.3, -0.25) is 0 Å². The molecule has 0 fully saturated rings. The van der Waals surface area contributed by atoms with Crippen LogP contribution in [0.4, 0.5) is 5.82 Å². The molecule has 1 N–H and O–H groups in total. The van der Waals surface area contributed by atoms with Gasteiger partial charge in [-0.15, -0.1) is 11.3 Å². The lowest BCUT2D eigenvalue weighted by atomic mass is 10.2. The summed E-state index contributed by atoms with van der Waals surface area (Å²) in [6.07, 6.45) is 3.01. The molecule has 0 saturated heterocycles. The summed E-state index contributed by atoms with van der Waals surface area (Å²) in [6.45, 7) is 2.38. The van der Waals surface area contributed by atoms with Crippen molar-refractivity contribution in [2.75, 3.05) is 11.9 Å². The van der Waals surface area contributed by atoms with Gasteiger partial charge in [0.2, 0.25) is 0 Å². The second kappa shape index (κ2) is 5.03. The van der Waals surface area contributed by atoms with E-state index in [1.165, 1.54) is 0 Å². The fraction of sp³-hybridized carbons (Fsp3) is 0.364. The number of thiophene rings is 1. The minimum Gasteiger partial charge on any atom is -0.369 e. The molecule has 2 aromatic heterocycles. The van der Waals surface area contributed by atoms with E-state index in [4.69, 9.17) is 0 Å². The first kappa shape index (κ1) is 11.0. The highest BCUT2D eigenvalue weighted by molar-refractivity contribution is 7.17. The van der Waals surface area contributed by atoms with Crippen molar-refractivity contribution in [3.05, 3.63) is 17.8 Å². The monoisotopic (exact) mass is 235 g/mol. The Hall–Kier alpha value is -1.49. The van der Waals surface area contributed by atoms with Gasteiger partial charge in [-0.05, 0) is 24.8 Å². The zero-order chi connectivity index (χ0) is 11.4. The lowest BCUT2D eigenvalue weighted by molar-refractivity contribution is -0.117. The normalized spacial score (nSPS) is 10.6. The highest BCUT2D eigenvalue weighted by Crippen LogP contribution is 2.24. The van der Waals surface area contributed by atoms with E-state index in [0.29, 0.717) is 6.42 Å². The fourth-order valence-corrected chi connectivity index (χ4v) is 2.27. The van der Waals surface area contributed by atoms with Crippen LogP contribution in [-0.2, 0) is 4.79 Å². The zero-order valence-electron chi connectivity index (χ0n) is 9.06. The van der Waals surface area contributed by atoms with Crippen molar-refractivity contribution in [2.45, 2.75) is 19.8 Å². The average molecular weight is 235 g/mol. The topological polar surface area (TPSA) is 54.9 Å². The molecule has 0 unspecified atom stereocenters. The van der Waals surface area contributed by atoms with E-state index < -0.39 is 0 Å². The van der Waals surface area contributed by atoms with Gasteiger partial charge in [-0.25, -0.2) is 9.97 Å². The van der Waals surface area contributed by atoms with Crippen molar-refractivity contribution in [1.29, 1.82) is 0 Å². The summed E-state index contributed by atoms with van der Waals surface area (Å²) in [4.78, 5) is 19.1. The summed E-state index contributed by atoms with van der Waals surface area (Å²) in [5.41, 5.74) is 0.967. The van der Waals surface area contributed by atoms with E-state index in [9.17, 15) is 4.79 Å². The van der Waals surface area contributed by atoms with Gasteiger partial charge < -0.3 is 10.1 Å². The highest BCUT2D eigenvalue weighted by atomic mass is 32.1. The van der Waals surface area contributed by atoms with Crippen molar-refractivity contribution in [3.63, 3.8) is 0 Å². The number of ketones is 1. The molecule has 2 heterocycles. The molecule has 0 radical (unpaired) electrons. The SMILES string of the molecule is CC(=O)CCCNc1ncnc2ccsc12. The number of fused-ring (bicyclic) bond motifs is 1. The van der Waals surface area contributed by atoms with Crippen molar-refractivity contribution >= 4 is 33.2 Å². The summed E-state index contributed by atoms with van der Waals surface area (Å²) in [6, 6.07) is 1.97. The maximum atomic E-state index is 10.8. The van der Waals surface area contributed by atoms with E-state index in [1.807, 2.05) is 11.4 Å². The Bertz CT molecular complexity index is 495. The van der Waals surface area contributed by atoms with Gasteiger partial charge in [0.05, 0.1) is 10.2 Å². The van der Waals surface area contributed by atoms with Crippen LogP contribution in [0.25, 0.3) is 10.2 Å². The number of Topliss-reactive ketones (excluding diaryl/α,β-unsaturated/α-hetero) is 1. The minimum atomic E-state index is 0.228. The molecule has 0 aliphatic heterocycles. The molecule has 0 bridgehead atoms. The minimum absolute atomic E-state index is 0.228. The fourth-order valence-electron chi connectivity index (χ4n) is 1.46. The number of aromatic nitrogens is 2. The molecule has 5 heteroatoms. The third-order valence-corrected chi connectivity index (χ3v) is 3.15. The predicted octanol–water partition coefficient (Wildman–Crippen LogP) is 2.47. The van der Waals surface area contributed by atoms with Crippen LogP contribution in [0.1, 0.15) is 19.8 Å². The summed E-state index contributed by atoms with van der Waals surface area (Å²) >= 11 is 1.62. The first-order chi connectivity index (χ1) is 7.77. The van der Waals surface area contributed by atoms with Crippen molar-refractivity contribution in [3.8, 4) is 0 Å². The third kappa shape index (κ3) is 2.55. The molecule has 16 heavy (non-hydrogen) atoms. The second-order valence-electron chi connectivity index (χ2n) is 3.59. The summed E-state index contributed by atoms with van der Waals surface area (Å²) in [5.74, 6) is 1.09. The maximum absolute atomic E-state index is 10.8. The number of anilines is 1. The molecule has 84 valence electrons. The van der Waals surface area contributed by atoms with Crippen LogP contribution in [-0.4, -0.2) is 22.3 Å². The number of carbonyl (C=O) groups is 1. The van der Waals surface area contributed by atoms with Gasteiger partial charge in [0.25, 0.3) is 0 Å². The molecular formula is C11H13N3OS. The van der Waals surface area contributed by atoms with Crippen LogP contribution in [0, 0.1) is 0 Å². The maximum Gasteiger partial charge on any atom is 0.147 e. The number of nitrogens with zero attached hydrogens (tertiary/aromatic N) is 2. The molecule has 2 rings (SSSR count). The number of carbonyl (C=O) groups excluding carboxylic acids is 1. The standard InChI is InChI=1S/C11H13N3OS/c1-8(15)3-2-5-12-11-10-9(4-6-16-10)13-7-14-11/h4,6-7H,2-3,5H2,1H3,(H,12,13,14). The van der Waals surface area contributed by atoms with Crippen LogP contribution in [0.15, 0.2) is 17.8 Å². The Morgan fingerprint density at radius 2 is 2.38 bits per heavy atom. The zero-order valence-corrected chi connectivity index (χ0v) is 9.88. The molecule has 0 atom stereocenters. The van der Waals surface area contributed by atoms with Gasteiger partial charge in [-0.1, -0.05) is 0 Å².